The van der Waals surface area contributed by atoms with E-state index in [0.717, 1.165) is 5.56 Å². The molecule has 11 heteroatoms. The molecule has 0 unspecified atom stereocenters. The van der Waals surface area contributed by atoms with Gasteiger partial charge in [0.1, 0.15) is 17.5 Å². The van der Waals surface area contributed by atoms with Gasteiger partial charge in [-0.3, -0.25) is 9.36 Å². The highest BCUT2D eigenvalue weighted by Crippen LogP contribution is 2.37. The largest absolute Gasteiger partial charge is 0.506 e. The van der Waals surface area contributed by atoms with E-state index in [0.29, 0.717) is 38.5 Å². The summed E-state index contributed by atoms with van der Waals surface area (Å²) in [7, 11) is 2.80. The van der Waals surface area contributed by atoms with Gasteiger partial charge in [-0.25, -0.2) is 9.79 Å². The molecule has 3 aromatic rings. The minimum absolute atomic E-state index is 0.200. The van der Waals surface area contributed by atoms with E-state index < -0.39 is 12.0 Å². The van der Waals surface area contributed by atoms with E-state index in [2.05, 4.69) is 4.99 Å². The number of phenolic OH excluding ortho intramolecular Hbond substituents is 1. The Morgan fingerprint density at radius 1 is 1.24 bits per heavy atom. The molecular formula is C23H17ClI2N2O5S. The lowest BCUT2D eigenvalue weighted by Crippen LogP contribution is -2.40. The predicted molar refractivity (Wildman–Crippen MR) is 147 cm³/mol. The number of methoxy groups -OCH3 is 2. The fourth-order valence-corrected chi connectivity index (χ4v) is 6.77. The first-order valence-electron chi connectivity index (χ1n) is 9.78. The second kappa shape index (κ2) is 9.99. The molecule has 2 aromatic carbocycles. The van der Waals surface area contributed by atoms with E-state index in [4.69, 9.17) is 21.1 Å². The molecule has 4 rings (SSSR count). The van der Waals surface area contributed by atoms with E-state index in [1.807, 2.05) is 45.2 Å². The maximum atomic E-state index is 13.7. The van der Waals surface area contributed by atoms with E-state index in [1.165, 1.54) is 30.1 Å². The fraction of sp³-hybridized carbons (Fsp3) is 0.174. The monoisotopic (exact) mass is 722 g/mol. The highest BCUT2D eigenvalue weighted by Gasteiger charge is 2.35. The normalized spacial score (nSPS) is 15.7. The molecule has 176 valence electrons. The molecule has 1 aromatic heterocycles. The van der Waals surface area contributed by atoms with Crippen LogP contribution in [0.3, 0.4) is 0 Å². The van der Waals surface area contributed by atoms with Crippen molar-refractivity contribution < 1.29 is 19.4 Å². The number of esters is 1. The van der Waals surface area contributed by atoms with Gasteiger partial charge in [0.15, 0.2) is 4.80 Å². The molecule has 0 saturated heterocycles. The van der Waals surface area contributed by atoms with Crippen LogP contribution < -0.4 is 19.6 Å². The second-order valence-corrected chi connectivity index (χ2v) is 11.1. The summed E-state index contributed by atoms with van der Waals surface area (Å²) in [6, 6.07) is 7.79. The minimum Gasteiger partial charge on any atom is -0.506 e. The first-order valence-corrected chi connectivity index (χ1v) is 13.1. The maximum Gasteiger partial charge on any atom is 0.338 e. The summed E-state index contributed by atoms with van der Waals surface area (Å²) in [4.78, 5) is 31.5. The standard InChI is InChI=1S/C23H17ClI2N2O5S/c1-10-18(22(31)33-3)19(13-9-12(24)4-5-16(13)32-2)28-21(30)17(34-23(28)27-10)8-11-6-14(25)20(29)15(26)7-11/h4-9,19,29H,1-3H3/b17-8-/t19-/m1/s1. The van der Waals surface area contributed by atoms with Gasteiger partial charge in [-0.2, -0.15) is 0 Å². The van der Waals surface area contributed by atoms with Gasteiger partial charge in [-0.15, -0.1) is 0 Å². The van der Waals surface area contributed by atoms with Crippen LogP contribution in [-0.4, -0.2) is 29.9 Å². The molecule has 0 saturated carbocycles. The van der Waals surface area contributed by atoms with Crippen LogP contribution in [0.1, 0.15) is 24.1 Å². The number of hydrogen-bond acceptors (Lipinski definition) is 7. The summed E-state index contributed by atoms with van der Waals surface area (Å²) < 4.78 is 13.8. The van der Waals surface area contributed by atoms with Crippen molar-refractivity contribution in [1.29, 1.82) is 0 Å². The van der Waals surface area contributed by atoms with Crippen LogP contribution in [0.15, 0.2) is 51.4 Å². The van der Waals surface area contributed by atoms with Gasteiger partial charge in [0, 0.05) is 10.6 Å². The highest BCUT2D eigenvalue weighted by atomic mass is 127. The Kier molecular flexibility index (Phi) is 7.41. The summed E-state index contributed by atoms with van der Waals surface area (Å²) >= 11 is 11.6. The average Bonchev–Trinajstić information content (AvgIpc) is 3.10. The number of fused-ring (bicyclic) bond motifs is 1. The maximum absolute atomic E-state index is 13.7. The fourth-order valence-electron chi connectivity index (χ4n) is 3.73. The lowest BCUT2D eigenvalue weighted by molar-refractivity contribution is -0.136. The molecule has 1 N–H and O–H groups in total. The topological polar surface area (TPSA) is 90.1 Å². The Morgan fingerprint density at radius 3 is 2.53 bits per heavy atom. The van der Waals surface area contributed by atoms with Gasteiger partial charge in [-0.05, 0) is 94.1 Å². The number of carbonyl (C=O) groups is 1. The quantitative estimate of drug-likeness (QED) is 0.326. The van der Waals surface area contributed by atoms with Gasteiger partial charge in [-0.1, -0.05) is 22.9 Å². The van der Waals surface area contributed by atoms with Crippen molar-refractivity contribution in [3.8, 4) is 11.5 Å². The van der Waals surface area contributed by atoms with Crippen molar-refractivity contribution in [3.63, 3.8) is 0 Å². The molecular weight excluding hydrogens is 706 g/mol. The predicted octanol–water partition coefficient (Wildman–Crippen LogP) is 3.99. The summed E-state index contributed by atoms with van der Waals surface area (Å²) in [6.07, 6.45) is 1.75. The smallest absolute Gasteiger partial charge is 0.338 e. The number of halogens is 3. The number of thiazole rings is 1. The number of benzene rings is 2. The van der Waals surface area contributed by atoms with E-state index >= 15 is 0 Å². The van der Waals surface area contributed by atoms with E-state index in [-0.39, 0.29) is 16.9 Å². The Balaban J connectivity index is 2.03. The summed E-state index contributed by atoms with van der Waals surface area (Å²) in [5, 5.41) is 10.5. The average molecular weight is 723 g/mol. The van der Waals surface area contributed by atoms with Crippen LogP contribution in [0.4, 0.5) is 0 Å². The zero-order valence-electron chi connectivity index (χ0n) is 18.1. The van der Waals surface area contributed by atoms with Gasteiger partial charge < -0.3 is 14.6 Å². The molecule has 1 atom stereocenters. The third-order valence-electron chi connectivity index (χ3n) is 5.25. The third kappa shape index (κ3) is 4.52. The van der Waals surface area contributed by atoms with Crippen molar-refractivity contribution in [1.82, 2.24) is 4.57 Å². The number of aromatic hydroxyl groups is 1. The van der Waals surface area contributed by atoms with Crippen LogP contribution in [0.2, 0.25) is 5.02 Å². The van der Waals surface area contributed by atoms with E-state index in [1.54, 1.807) is 43.3 Å². The lowest BCUT2D eigenvalue weighted by atomic mass is 9.95. The first-order chi connectivity index (χ1) is 16.2. The number of nitrogens with zero attached hydrogens (tertiary/aromatic N) is 2. The van der Waals surface area contributed by atoms with Crippen molar-refractivity contribution in [2.24, 2.45) is 4.99 Å². The molecule has 34 heavy (non-hydrogen) atoms. The second-order valence-electron chi connectivity index (χ2n) is 7.29. The molecule has 0 aliphatic carbocycles. The molecule has 0 bridgehead atoms. The Hall–Kier alpha value is -1.90. The molecule has 0 fully saturated rings. The van der Waals surface area contributed by atoms with Crippen LogP contribution in [0.5, 0.6) is 11.5 Å². The summed E-state index contributed by atoms with van der Waals surface area (Å²) in [6.45, 7) is 1.71. The summed E-state index contributed by atoms with van der Waals surface area (Å²) in [5.41, 5.74) is 1.67. The third-order valence-corrected chi connectivity index (χ3v) is 8.11. The van der Waals surface area contributed by atoms with Crippen LogP contribution >= 0.6 is 68.1 Å². The molecule has 0 spiro atoms. The minimum atomic E-state index is -0.834. The Bertz CT molecular complexity index is 1520. The van der Waals surface area contributed by atoms with Crippen LogP contribution in [0, 0.1) is 7.14 Å². The molecule has 1 aliphatic rings. The molecule has 1 aliphatic heterocycles. The number of hydrogen-bond donors (Lipinski definition) is 1. The zero-order chi connectivity index (χ0) is 24.7. The molecule has 2 heterocycles. The highest BCUT2D eigenvalue weighted by molar-refractivity contribution is 14.1. The first kappa shape index (κ1) is 25.2. The number of phenols is 1. The molecule has 7 nitrogen and oxygen atoms in total. The van der Waals surface area contributed by atoms with Gasteiger partial charge in [0.25, 0.3) is 5.56 Å². The SMILES string of the molecule is COC(=O)C1=C(C)N=c2s/c(=C\c3cc(I)c(O)c(I)c3)c(=O)n2[C@@H]1c1cc(Cl)ccc1OC. The number of carbonyl (C=O) groups excluding carboxylic acids is 1. The zero-order valence-corrected chi connectivity index (χ0v) is 23.9. The number of ether oxygens (including phenoxy) is 2. The molecule has 0 amide bonds. The van der Waals surface area contributed by atoms with Gasteiger partial charge >= 0.3 is 5.97 Å². The lowest BCUT2D eigenvalue weighted by Gasteiger charge is -2.25. The number of allylic oxidation sites excluding steroid dienone is 1. The number of rotatable bonds is 4. The number of aromatic nitrogens is 1. The van der Waals surface area contributed by atoms with Gasteiger partial charge in [0.2, 0.25) is 0 Å². The Morgan fingerprint density at radius 2 is 1.91 bits per heavy atom. The van der Waals surface area contributed by atoms with Crippen molar-refractivity contribution >= 4 is 80.2 Å². The van der Waals surface area contributed by atoms with Crippen LogP contribution in [0.25, 0.3) is 6.08 Å². The Labute approximate surface area is 230 Å². The van der Waals surface area contributed by atoms with Crippen molar-refractivity contribution in [2.45, 2.75) is 13.0 Å². The summed E-state index contributed by atoms with van der Waals surface area (Å²) in [5.74, 6) is 0.0825. The van der Waals surface area contributed by atoms with Gasteiger partial charge in [0.05, 0.1) is 37.2 Å². The van der Waals surface area contributed by atoms with E-state index in [9.17, 15) is 14.7 Å². The molecule has 0 radical (unpaired) electrons. The van der Waals surface area contributed by atoms with Crippen molar-refractivity contribution in [3.05, 3.63) is 84.6 Å². The van der Waals surface area contributed by atoms with Crippen LogP contribution in [-0.2, 0) is 9.53 Å². The van der Waals surface area contributed by atoms with Crippen molar-refractivity contribution in [2.75, 3.05) is 14.2 Å².